The number of nitrogens with zero attached hydrogens (tertiary/aromatic N) is 1. The molecule has 6 heteroatoms. The number of nitrogens with one attached hydrogen (secondary N) is 1. The number of likely N-dealkylation sites (N-methyl/N-ethyl adjacent to an activating group) is 1. The fraction of sp³-hybridized carbons (Fsp3) is 0.800. The zero-order valence-corrected chi connectivity index (χ0v) is 16.8. The monoisotopic (exact) mass is 366 g/mol. The number of alkyl carbamates (subject to hydrolysis) is 1. The van der Waals surface area contributed by atoms with E-state index in [1.807, 2.05) is 32.7 Å². The van der Waals surface area contributed by atoms with Gasteiger partial charge in [0.15, 0.2) is 0 Å². The second kappa shape index (κ2) is 8.78. The zero-order valence-electron chi connectivity index (χ0n) is 16.8. The van der Waals surface area contributed by atoms with Gasteiger partial charge in [0.25, 0.3) is 0 Å². The molecule has 1 N–H and O–H groups in total. The number of carbonyl (C=O) groups excluding carboxylic acids is 2. The van der Waals surface area contributed by atoms with Gasteiger partial charge < -0.3 is 19.7 Å². The lowest BCUT2D eigenvalue weighted by atomic mass is 9.80. The standard InChI is InChI=1S/C20H34N2O4/c1-20(2,3)26-19(24)21-17(18(23)22(4)16-7-6-8-16)15-11-9-14(10-12-15)13-25-5/h13,15-17H,6-12H2,1-5H3,(H,21,24). The van der Waals surface area contributed by atoms with Crippen LogP contribution in [0.25, 0.3) is 0 Å². The number of rotatable bonds is 5. The molecule has 2 fully saturated rings. The van der Waals surface area contributed by atoms with Crippen LogP contribution in [-0.4, -0.2) is 48.7 Å². The second-order valence-corrected chi connectivity index (χ2v) is 8.51. The Labute approximate surface area is 157 Å². The Morgan fingerprint density at radius 3 is 2.27 bits per heavy atom. The minimum Gasteiger partial charge on any atom is -0.504 e. The maximum absolute atomic E-state index is 13.1. The maximum Gasteiger partial charge on any atom is 0.408 e. The van der Waals surface area contributed by atoms with Crippen molar-refractivity contribution in [3.8, 4) is 0 Å². The minimum atomic E-state index is -0.585. The predicted octanol–water partition coefficient (Wildman–Crippen LogP) is 3.61. The Hall–Kier alpha value is -1.72. The molecule has 0 aromatic rings. The molecule has 0 aliphatic heterocycles. The Morgan fingerprint density at radius 1 is 1.19 bits per heavy atom. The molecule has 2 aliphatic carbocycles. The third-order valence-electron chi connectivity index (χ3n) is 5.34. The first-order valence-electron chi connectivity index (χ1n) is 9.68. The summed E-state index contributed by atoms with van der Waals surface area (Å²) in [7, 11) is 3.51. The van der Waals surface area contributed by atoms with Crippen molar-refractivity contribution >= 4 is 12.0 Å². The average Bonchev–Trinajstić information content (AvgIpc) is 2.50. The number of hydrogen-bond acceptors (Lipinski definition) is 4. The molecule has 2 saturated carbocycles. The summed E-state index contributed by atoms with van der Waals surface area (Å²) >= 11 is 0. The average molecular weight is 367 g/mol. The van der Waals surface area contributed by atoms with Crippen LogP contribution in [0.1, 0.15) is 65.7 Å². The number of ether oxygens (including phenoxy) is 2. The van der Waals surface area contributed by atoms with Crippen molar-refractivity contribution in [1.29, 1.82) is 0 Å². The lowest BCUT2D eigenvalue weighted by Gasteiger charge is -2.39. The maximum atomic E-state index is 13.1. The number of methoxy groups -OCH3 is 1. The largest absolute Gasteiger partial charge is 0.504 e. The molecule has 0 aromatic carbocycles. The van der Waals surface area contributed by atoms with Crippen molar-refractivity contribution in [2.24, 2.45) is 5.92 Å². The molecule has 0 radical (unpaired) electrons. The van der Waals surface area contributed by atoms with E-state index in [4.69, 9.17) is 9.47 Å². The topological polar surface area (TPSA) is 67.9 Å². The number of carbonyl (C=O) groups is 2. The Balaban J connectivity index is 2.06. The van der Waals surface area contributed by atoms with Gasteiger partial charge >= 0.3 is 6.09 Å². The Kier molecular flexibility index (Phi) is 6.95. The molecule has 0 spiro atoms. The van der Waals surface area contributed by atoms with Crippen LogP contribution in [0.4, 0.5) is 4.79 Å². The summed E-state index contributed by atoms with van der Waals surface area (Å²) in [6, 6.07) is -0.225. The third kappa shape index (κ3) is 5.64. The lowest BCUT2D eigenvalue weighted by molar-refractivity contribution is -0.137. The fourth-order valence-electron chi connectivity index (χ4n) is 3.62. The van der Waals surface area contributed by atoms with Crippen molar-refractivity contribution in [3.05, 3.63) is 11.8 Å². The molecule has 0 heterocycles. The normalized spacial score (nSPS) is 22.0. The van der Waals surface area contributed by atoms with Gasteiger partial charge in [-0.2, -0.15) is 0 Å². The van der Waals surface area contributed by atoms with E-state index in [9.17, 15) is 9.59 Å². The van der Waals surface area contributed by atoms with Crippen LogP contribution in [-0.2, 0) is 14.3 Å². The van der Waals surface area contributed by atoms with E-state index in [1.165, 1.54) is 12.0 Å². The van der Waals surface area contributed by atoms with E-state index >= 15 is 0 Å². The van der Waals surface area contributed by atoms with Gasteiger partial charge in [0, 0.05) is 13.1 Å². The van der Waals surface area contributed by atoms with Crippen LogP contribution in [0, 0.1) is 5.92 Å². The molecule has 2 rings (SSSR count). The zero-order chi connectivity index (χ0) is 19.3. The lowest BCUT2D eigenvalue weighted by Crippen LogP contribution is -2.55. The highest BCUT2D eigenvalue weighted by Gasteiger charge is 2.37. The van der Waals surface area contributed by atoms with E-state index in [0.29, 0.717) is 6.04 Å². The Bertz CT molecular complexity index is 524. The van der Waals surface area contributed by atoms with Gasteiger partial charge in [0.2, 0.25) is 5.91 Å². The van der Waals surface area contributed by atoms with Crippen LogP contribution in [0.5, 0.6) is 0 Å². The Morgan fingerprint density at radius 2 is 1.81 bits per heavy atom. The van der Waals surface area contributed by atoms with Crippen LogP contribution < -0.4 is 5.32 Å². The number of amides is 2. The van der Waals surface area contributed by atoms with Gasteiger partial charge in [-0.05, 0) is 77.2 Å². The molecule has 0 saturated heterocycles. The van der Waals surface area contributed by atoms with Crippen LogP contribution in [0.2, 0.25) is 0 Å². The highest BCUT2D eigenvalue weighted by atomic mass is 16.6. The van der Waals surface area contributed by atoms with E-state index in [0.717, 1.165) is 38.5 Å². The van der Waals surface area contributed by atoms with Crippen LogP contribution >= 0.6 is 0 Å². The minimum absolute atomic E-state index is 0.00438. The predicted molar refractivity (Wildman–Crippen MR) is 101 cm³/mol. The molecule has 1 unspecified atom stereocenters. The highest BCUT2D eigenvalue weighted by molar-refractivity contribution is 5.86. The molecule has 2 aliphatic rings. The van der Waals surface area contributed by atoms with Crippen molar-refractivity contribution in [3.63, 3.8) is 0 Å². The van der Waals surface area contributed by atoms with Crippen LogP contribution in [0.15, 0.2) is 11.8 Å². The first kappa shape index (κ1) is 20.6. The van der Waals surface area contributed by atoms with Gasteiger partial charge in [-0.1, -0.05) is 0 Å². The van der Waals surface area contributed by atoms with Crippen molar-refractivity contribution in [2.75, 3.05) is 14.2 Å². The fourth-order valence-corrected chi connectivity index (χ4v) is 3.62. The molecular weight excluding hydrogens is 332 g/mol. The molecule has 0 bridgehead atoms. The molecular formula is C20H34N2O4. The molecule has 2 amide bonds. The third-order valence-corrected chi connectivity index (χ3v) is 5.34. The van der Waals surface area contributed by atoms with Crippen molar-refractivity contribution < 1.29 is 19.1 Å². The summed E-state index contributed by atoms with van der Waals surface area (Å²) in [6.07, 6.45) is 8.06. The summed E-state index contributed by atoms with van der Waals surface area (Å²) in [5.41, 5.74) is 0.679. The van der Waals surface area contributed by atoms with Crippen molar-refractivity contribution in [1.82, 2.24) is 10.2 Å². The first-order valence-corrected chi connectivity index (χ1v) is 9.68. The summed E-state index contributed by atoms with van der Waals surface area (Å²) in [5, 5.41) is 2.87. The SMILES string of the molecule is COC=C1CCC(C(NC(=O)OC(C)(C)C)C(=O)N(C)C2CCC2)CC1. The molecule has 1 atom stereocenters. The quantitative estimate of drug-likeness (QED) is 0.755. The van der Waals surface area contributed by atoms with Gasteiger partial charge in [0.05, 0.1) is 13.4 Å². The smallest absolute Gasteiger partial charge is 0.408 e. The first-order chi connectivity index (χ1) is 12.2. The van der Waals surface area contributed by atoms with Gasteiger partial charge in [-0.15, -0.1) is 0 Å². The van der Waals surface area contributed by atoms with E-state index < -0.39 is 17.7 Å². The number of hydrogen-bond donors (Lipinski definition) is 1. The van der Waals surface area contributed by atoms with E-state index in [-0.39, 0.29) is 11.8 Å². The van der Waals surface area contributed by atoms with E-state index in [1.54, 1.807) is 13.4 Å². The summed E-state index contributed by atoms with van der Waals surface area (Å²) < 4.78 is 10.5. The second-order valence-electron chi connectivity index (χ2n) is 8.51. The van der Waals surface area contributed by atoms with Gasteiger partial charge in [-0.3, -0.25) is 4.79 Å². The van der Waals surface area contributed by atoms with E-state index in [2.05, 4.69) is 5.32 Å². The van der Waals surface area contributed by atoms with Crippen molar-refractivity contribution in [2.45, 2.75) is 83.4 Å². The molecule has 0 aromatic heterocycles. The van der Waals surface area contributed by atoms with Gasteiger partial charge in [-0.25, -0.2) is 4.79 Å². The van der Waals surface area contributed by atoms with Gasteiger partial charge in [0.1, 0.15) is 11.6 Å². The highest BCUT2D eigenvalue weighted by Crippen LogP contribution is 2.32. The summed E-state index contributed by atoms with van der Waals surface area (Å²) in [4.78, 5) is 27.3. The molecule has 6 nitrogen and oxygen atoms in total. The summed E-state index contributed by atoms with van der Waals surface area (Å²) in [6.45, 7) is 5.48. The number of allylic oxidation sites excluding steroid dienone is 1. The molecule has 26 heavy (non-hydrogen) atoms. The summed E-state index contributed by atoms with van der Waals surface area (Å²) in [5.74, 6) is 0.122. The molecule has 148 valence electrons. The van der Waals surface area contributed by atoms with Crippen LogP contribution in [0.3, 0.4) is 0 Å².